The van der Waals surface area contributed by atoms with Crippen LogP contribution >= 0.6 is 15.9 Å². The molecule has 2 aromatic rings. The molecular formula is C44H67BrFN3O7Si. The minimum atomic E-state index is -2.90. The van der Waals surface area contributed by atoms with Gasteiger partial charge in [0.1, 0.15) is 22.9 Å². The average molecular weight is 877 g/mol. The van der Waals surface area contributed by atoms with Crippen molar-refractivity contribution in [1.82, 2.24) is 15.0 Å². The first-order valence-electron chi connectivity index (χ1n) is 21.0. The number of hydrogen-bond donors (Lipinski definition) is 1. The number of unbranched alkanes of at least 4 members (excludes halogenated alkanes) is 2. The highest BCUT2D eigenvalue weighted by molar-refractivity contribution is 9.10. The summed E-state index contributed by atoms with van der Waals surface area (Å²) in [5, 5.41) is 16.9. The molecule has 318 valence electrons. The van der Waals surface area contributed by atoms with E-state index in [1.54, 1.807) is 0 Å². The van der Waals surface area contributed by atoms with Crippen LogP contribution in [0.15, 0.2) is 20.3 Å². The number of benzene rings is 1. The van der Waals surface area contributed by atoms with Gasteiger partial charge in [0.25, 0.3) is 5.88 Å². The molecule has 13 heteroatoms. The summed E-state index contributed by atoms with van der Waals surface area (Å²) in [6.45, 7) is 26.9. The van der Waals surface area contributed by atoms with Crippen molar-refractivity contribution in [1.29, 1.82) is 0 Å². The van der Waals surface area contributed by atoms with Gasteiger partial charge in [-0.15, -0.1) is 0 Å². The van der Waals surface area contributed by atoms with Gasteiger partial charge in [0, 0.05) is 34.7 Å². The van der Waals surface area contributed by atoms with Crippen LogP contribution in [-0.4, -0.2) is 85.9 Å². The molecule has 1 heterocycles. The van der Waals surface area contributed by atoms with E-state index in [1.165, 1.54) is 0 Å². The lowest BCUT2D eigenvalue weighted by atomic mass is 9.58. The average Bonchev–Trinajstić information content (AvgIpc) is 3.52. The summed E-state index contributed by atoms with van der Waals surface area (Å²) >= 11 is 3.77. The van der Waals surface area contributed by atoms with E-state index in [1.807, 2.05) is 52.9 Å². The number of aliphatic hydroxyl groups excluding tert-OH is 1. The second-order valence-corrected chi connectivity index (χ2v) is 24.5. The molecule has 1 aromatic carbocycles. The van der Waals surface area contributed by atoms with E-state index in [0.29, 0.717) is 41.5 Å². The second-order valence-electron chi connectivity index (χ2n) is 19.0. The van der Waals surface area contributed by atoms with Crippen molar-refractivity contribution in [3.63, 3.8) is 0 Å². The maximum absolute atomic E-state index is 17.6. The number of halogens is 2. The number of allylic oxidation sites excluding steroid dienone is 1. The fourth-order valence-electron chi connectivity index (χ4n) is 8.94. The zero-order chi connectivity index (χ0) is 42.6. The molecule has 0 spiro atoms. The Labute approximate surface area is 349 Å². The van der Waals surface area contributed by atoms with Crippen molar-refractivity contribution in [2.45, 2.75) is 143 Å². The van der Waals surface area contributed by atoms with Crippen molar-refractivity contribution < 1.29 is 37.5 Å². The lowest BCUT2D eigenvalue weighted by molar-refractivity contribution is -0.0481. The Morgan fingerprint density at radius 2 is 1.65 bits per heavy atom. The molecule has 0 aliphatic heterocycles. The molecule has 0 bridgehead atoms. The molecule has 0 unspecified atom stereocenters. The van der Waals surface area contributed by atoms with Crippen molar-refractivity contribution in [3.05, 3.63) is 49.6 Å². The Morgan fingerprint density at radius 1 is 1.04 bits per heavy atom. The van der Waals surface area contributed by atoms with Crippen LogP contribution in [0.3, 0.4) is 0 Å². The first-order valence-corrected chi connectivity index (χ1v) is 24.7. The highest BCUT2D eigenvalue weighted by Crippen LogP contribution is 2.60. The van der Waals surface area contributed by atoms with Gasteiger partial charge in [-0.25, -0.2) is 4.39 Å². The number of nitrogens with zero attached hydrogens (tertiary/aromatic N) is 3. The molecule has 10 nitrogen and oxygen atoms in total. The molecule has 1 aromatic heterocycles. The van der Waals surface area contributed by atoms with Crippen molar-refractivity contribution in [2.75, 3.05) is 40.4 Å². The Balaban J connectivity index is 1.83. The normalized spacial score (nSPS) is 22.6. The second kappa shape index (κ2) is 16.8. The fraction of sp³-hybridized carbons (Fsp3) is 0.705. The monoisotopic (exact) mass is 875 g/mol. The van der Waals surface area contributed by atoms with Gasteiger partial charge in [0.15, 0.2) is 25.5 Å². The highest BCUT2D eigenvalue weighted by Gasteiger charge is 2.67. The molecule has 3 aliphatic rings. The summed E-state index contributed by atoms with van der Waals surface area (Å²) < 4.78 is 43.8. The third kappa shape index (κ3) is 7.70. The Kier molecular flexibility index (Phi) is 13.4. The summed E-state index contributed by atoms with van der Waals surface area (Å²) in [7, 11) is 0.884. The molecule has 0 amide bonds. The smallest absolute Gasteiger partial charge is 0.265 e. The van der Waals surface area contributed by atoms with E-state index in [4.69, 9.17) is 18.4 Å². The van der Waals surface area contributed by atoms with E-state index in [2.05, 4.69) is 74.5 Å². The number of aliphatic hydroxyl groups is 1. The summed E-state index contributed by atoms with van der Waals surface area (Å²) in [4.78, 5) is 35.0. The number of carbonyl (C=O) groups excluding carboxylic acids is 2. The highest BCUT2D eigenvalue weighted by atomic mass is 79.9. The SMILES string of the molecule is CCCCOc1noc2c1C(=O)[C@@]1(O[Si](C)(C)C(C)(C)C)C(O)=C3C(=O)c4c(c(F)c(C(C)(C)N(CC)CC(C)C)c(Br)c4OCCCC)C[C@H]3C[C@H]1[C@@H]2N(C)C. The largest absolute Gasteiger partial charge is 0.508 e. The number of hydrogen-bond acceptors (Lipinski definition) is 10. The first kappa shape index (κ1) is 45.5. The van der Waals surface area contributed by atoms with Crippen molar-refractivity contribution >= 4 is 35.8 Å². The summed E-state index contributed by atoms with van der Waals surface area (Å²) in [5.41, 5.74) is -1.74. The Bertz CT molecular complexity index is 1880. The predicted molar refractivity (Wildman–Crippen MR) is 228 cm³/mol. The zero-order valence-corrected chi connectivity index (χ0v) is 39.5. The molecule has 4 atom stereocenters. The lowest BCUT2D eigenvalue weighted by Crippen LogP contribution is -2.65. The van der Waals surface area contributed by atoms with Crippen LogP contribution in [0.5, 0.6) is 11.6 Å². The topological polar surface area (TPSA) is 115 Å². The molecule has 0 fully saturated rings. The molecule has 3 aliphatic carbocycles. The fourth-order valence-corrected chi connectivity index (χ4v) is 11.4. The molecule has 5 rings (SSSR count). The standard InChI is InChI=1S/C44H67BrFN3O7Si/c1-15-18-20-53-37-30-27(34(46)32(33(37)45)43(9,10)49(17-3)24-25(4)5)22-26-23-28-35(48(11)12)38-31(41(47-55-38)54-21-19-16-2)40(52)44(28,39(51)29(26)36(30)50)56-57(13,14)42(6,7)8/h25-26,28,35,51H,15-24H2,1-14H3/t26-,28-,35-,44-/m0/s1. The van der Waals surface area contributed by atoms with E-state index in [-0.39, 0.29) is 51.8 Å². The van der Waals surface area contributed by atoms with Gasteiger partial charge < -0.3 is 23.5 Å². The minimum Gasteiger partial charge on any atom is -0.508 e. The van der Waals surface area contributed by atoms with E-state index >= 15 is 14.0 Å². The van der Waals surface area contributed by atoms with Crippen LogP contribution in [-0.2, 0) is 16.4 Å². The van der Waals surface area contributed by atoms with Crippen LogP contribution in [0.25, 0.3) is 0 Å². The number of rotatable bonds is 16. The third-order valence-electron chi connectivity index (χ3n) is 13.0. The summed E-state index contributed by atoms with van der Waals surface area (Å²) in [5.74, 6) is -2.29. The van der Waals surface area contributed by atoms with Crippen LogP contribution in [0, 0.1) is 23.6 Å². The van der Waals surface area contributed by atoms with E-state index in [9.17, 15) is 5.11 Å². The zero-order valence-electron chi connectivity index (χ0n) is 36.9. The maximum atomic E-state index is 17.6. The third-order valence-corrected chi connectivity index (χ3v) is 18.2. The molecule has 57 heavy (non-hydrogen) atoms. The quantitative estimate of drug-likeness (QED) is 0.129. The van der Waals surface area contributed by atoms with Gasteiger partial charge >= 0.3 is 0 Å². The Morgan fingerprint density at radius 3 is 2.19 bits per heavy atom. The predicted octanol–water partition coefficient (Wildman–Crippen LogP) is 10.6. The van der Waals surface area contributed by atoms with Gasteiger partial charge in [-0.2, -0.15) is 0 Å². The molecule has 0 saturated heterocycles. The molecule has 0 radical (unpaired) electrons. The van der Waals surface area contributed by atoms with Gasteiger partial charge in [0.05, 0.1) is 29.3 Å². The number of ether oxygens (including phenoxy) is 2. The van der Waals surface area contributed by atoms with E-state index < -0.39 is 60.5 Å². The van der Waals surface area contributed by atoms with Crippen molar-refractivity contribution in [3.8, 4) is 11.6 Å². The van der Waals surface area contributed by atoms with Crippen LogP contribution in [0.1, 0.15) is 145 Å². The minimum absolute atomic E-state index is 0.0542. The first-order chi connectivity index (χ1) is 26.5. The van der Waals surface area contributed by atoms with Crippen LogP contribution in [0.4, 0.5) is 4.39 Å². The molecular weight excluding hydrogens is 809 g/mol. The van der Waals surface area contributed by atoms with Crippen LogP contribution in [0.2, 0.25) is 18.1 Å². The number of carbonyl (C=O) groups is 2. The van der Waals surface area contributed by atoms with E-state index in [0.717, 1.165) is 32.2 Å². The lowest BCUT2D eigenvalue weighted by Gasteiger charge is -2.55. The van der Waals surface area contributed by atoms with Crippen LogP contribution < -0.4 is 9.47 Å². The van der Waals surface area contributed by atoms with Gasteiger partial charge in [0.2, 0.25) is 5.78 Å². The number of fused-ring (bicyclic) bond motifs is 4. The molecule has 1 N–H and O–H groups in total. The Hall–Kier alpha value is -2.58. The van der Waals surface area contributed by atoms with Gasteiger partial charge in [-0.05, 0) is 111 Å². The summed E-state index contributed by atoms with van der Waals surface area (Å²) in [6.07, 6.45) is 3.58. The van der Waals surface area contributed by atoms with Gasteiger partial charge in [-0.3, -0.25) is 19.4 Å². The summed E-state index contributed by atoms with van der Waals surface area (Å²) in [6, 6.07) is -0.593. The molecule has 0 saturated carbocycles. The maximum Gasteiger partial charge on any atom is 0.265 e. The van der Waals surface area contributed by atoms with Gasteiger partial charge in [-0.1, -0.05) is 68.2 Å². The number of aromatic nitrogens is 1. The number of ketones is 2. The number of Topliss-reactive ketones (excluding diaryl/α,β-unsaturated/α-hetero) is 2. The van der Waals surface area contributed by atoms with Crippen molar-refractivity contribution in [2.24, 2.45) is 17.8 Å².